The molecular weight excluding hydrogens is 276 g/mol. The smallest absolute Gasteiger partial charge is 0.335 e. The van der Waals surface area contributed by atoms with Crippen LogP contribution in [0.3, 0.4) is 0 Å². The van der Waals surface area contributed by atoms with Crippen LogP contribution in [0.2, 0.25) is 0 Å². The monoisotopic (exact) mass is 290 g/mol. The summed E-state index contributed by atoms with van der Waals surface area (Å²) < 4.78 is 0. The molecule has 104 valence electrons. The molecule has 3 N–H and O–H groups in total. The van der Waals surface area contributed by atoms with Crippen LogP contribution in [0.1, 0.15) is 21.5 Å². The van der Waals surface area contributed by atoms with E-state index in [9.17, 15) is 9.59 Å². The number of carboxylic acid groups (broad SMARTS) is 1. The molecule has 2 aromatic rings. The summed E-state index contributed by atoms with van der Waals surface area (Å²) >= 11 is 1.57. The van der Waals surface area contributed by atoms with Crippen LogP contribution in [0, 0.1) is 6.92 Å². The van der Waals surface area contributed by atoms with Crippen LogP contribution < -0.4 is 10.6 Å². The highest BCUT2D eigenvalue weighted by atomic mass is 32.1. The van der Waals surface area contributed by atoms with Gasteiger partial charge in [0.15, 0.2) is 0 Å². The van der Waals surface area contributed by atoms with E-state index >= 15 is 0 Å². The summed E-state index contributed by atoms with van der Waals surface area (Å²) in [4.78, 5) is 22.7. The van der Waals surface area contributed by atoms with E-state index in [2.05, 4.69) is 10.6 Å². The predicted molar refractivity (Wildman–Crippen MR) is 78.3 cm³/mol. The third-order valence-electron chi connectivity index (χ3n) is 2.77. The van der Waals surface area contributed by atoms with E-state index in [0.29, 0.717) is 12.2 Å². The van der Waals surface area contributed by atoms with Crippen molar-refractivity contribution in [3.05, 3.63) is 51.7 Å². The molecule has 2 amide bonds. The van der Waals surface area contributed by atoms with Gasteiger partial charge in [-0.15, -0.1) is 0 Å². The summed E-state index contributed by atoms with van der Waals surface area (Å²) in [6.45, 7) is 2.24. The Labute approximate surface area is 120 Å². The van der Waals surface area contributed by atoms with Gasteiger partial charge in [-0.1, -0.05) is 6.07 Å². The van der Waals surface area contributed by atoms with Crippen molar-refractivity contribution in [3.63, 3.8) is 0 Å². The lowest BCUT2D eigenvalue weighted by Crippen LogP contribution is -2.28. The van der Waals surface area contributed by atoms with Crippen LogP contribution in [0.4, 0.5) is 10.5 Å². The number of hydrogen-bond donors (Lipinski definition) is 3. The number of carbonyl (C=O) groups excluding carboxylic acids is 1. The summed E-state index contributed by atoms with van der Waals surface area (Å²) in [6.07, 6.45) is 0. The van der Waals surface area contributed by atoms with Crippen LogP contribution in [0.5, 0.6) is 0 Å². The molecule has 0 radical (unpaired) electrons. The number of aromatic carboxylic acids is 1. The van der Waals surface area contributed by atoms with Crippen molar-refractivity contribution >= 4 is 29.0 Å². The molecule has 0 saturated carbocycles. The Morgan fingerprint density at radius 3 is 2.75 bits per heavy atom. The molecule has 1 heterocycles. The summed E-state index contributed by atoms with van der Waals surface area (Å²) in [7, 11) is 0. The second-order valence-electron chi connectivity index (χ2n) is 4.27. The van der Waals surface area contributed by atoms with Gasteiger partial charge in [-0.05, 0) is 47.0 Å². The van der Waals surface area contributed by atoms with E-state index in [-0.39, 0.29) is 11.6 Å². The second-order valence-corrected chi connectivity index (χ2v) is 5.05. The van der Waals surface area contributed by atoms with Crippen LogP contribution in [0.25, 0.3) is 0 Å². The van der Waals surface area contributed by atoms with Crippen molar-refractivity contribution in [2.24, 2.45) is 0 Å². The highest BCUT2D eigenvalue weighted by molar-refractivity contribution is 7.07. The lowest BCUT2D eigenvalue weighted by molar-refractivity contribution is 0.0697. The average Bonchev–Trinajstić information content (AvgIpc) is 2.92. The van der Waals surface area contributed by atoms with E-state index in [1.54, 1.807) is 24.3 Å². The van der Waals surface area contributed by atoms with Crippen LogP contribution in [-0.4, -0.2) is 17.1 Å². The van der Waals surface area contributed by atoms with Gasteiger partial charge in [0.05, 0.1) is 5.56 Å². The van der Waals surface area contributed by atoms with Gasteiger partial charge in [0.2, 0.25) is 0 Å². The zero-order valence-electron chi connectivity index (χ0n) is 10.8. The number of nitrogens with one attached hydrogen (secondary N) is 2. The molecule has 0 spiro atoms. The topological polar surface area (TPSA) is 78.4 Å². The first-order valence-corrected chi connectivity index (χ1v) is 6.90. The largest absolute Gasteiger partial charge is 0.478 e. The Morgan fingerprint density at radius 1 is 1.30 bits per heavy atom. The maximum Gasteiger partial charge on any atom is 0.335 e. The van der Waals surface area contributed by atoms with E-state index in [1.807, 2.05) is 16.8 Å². The fourth-order valence-corrected chi connectivity index (χ4v) is 2.30. The van der Waals surface area contributed by atoms with E-state index < -0.39 is 5.97 Å². The summed E-state index contributed by atoms with van der Waals surface area (Å²) in [5.41, 5.74) is 2.47. The number of carbonyl (C=O) groups is 2. The molecule has 0 aliphatic carbocycles. The Hall–Kier alpha value is -2.34. The fraction of sp³-hybridized carbons (Fsp3) is 0.143. The number of rotatable bonds is 4. The van der Waals surface area contributed by atoms with Crippen molar-refractivity contribution in [2.45, 2.75) is 13.5 Å². The number of amides is 2. The second kappa shape index (κ2) is 6.21. The first-order valence-electron chi connectivity index (χ1n) is 5.96. The van der Waals surface area contributed by atoms with E-state index in [4.69, 9.17) is 5.11 Å². The Kier molecular flexibility index (Phi) is 4.37. The minimum Gasteiger partial charge on any atom is -0.478 e. The highest BCUT2D eigenvalue weighted by Crippen LogP contribution is 2.17. The normalized spacial score (nSPS) is 10.1. The zero-order valence-corrected chi connectivity index (χ0v) is 11.7. The molecule has 0 fully saturated rings. The van der Waals surface area contributed by atoms with Gasteiger partial charge in [-0.3, -0.25) is 0 Å². The van der Waals surface area contributed by atoms with Gasteiger partial charge in [-0.25, -0.2) is 9.59 Å². The summed E-state index contributed by atoms with van der Waals surface area (Å²) in [5, 5.41) is 18.2. The molecule has 0 atom stereocenters. The minimum atomic E-state index is -1.02. The summed E-state index contributed by atoms with van der Waals surface area (Å²) in [5.74, 6) is -1.02. The van der Waals surface area contributed by atoms with Gasteiger partial charge in [0.25, 0.3) is 0 Å². The highest BCUT2D eigenvalue weighted by Gasteiger charge is 2.08. The Bertz CT molecular complexity index is 623. The Balaban J connectivity index is 2.00. The van der Waals surface area contributed by atoms with Crippen LogP contribution >= 0.6 is 11.3 Å². The van der Waals surface area contributed by atoms with Gasteiger partial charge < -0.3 is 15.7 Å². The van der Waals surface area contributed by atoms with Gasteiger partial charge >= 0.3 is 12.0 Å². The number of carboxylic acids is 1. The quantitative estimate of drug-likeness (QED) is 0.809. The number of benzene rings is 1. The lowest BCUT2D eigenvalue weighted by atomic mass is 10.1. The van der Waals surface area contributed by atoms with Gasteiger partial charge in [0, 0.05) is 12.2 Å². The third kappa shape index (κ3) is 3.58. The SMILES string of the molecule is Cc1ccc(C(=O)O)cc1NC(=O)NCc1ccsc1. The Morgan fingerprint density at radius 2 is 2.10 bits per heavy atom. The molecular formula is C14H14N2O3S. The minimum absolute atomic E-state index is 0.142. The molecule has 1 aromatic heterocycles. The maximum absolute atomic E-state index is 11.8. The molecule has 0 saturated heterocycles. The molecule has 0 aliphatic heterocycles. The molecule has 2 rings (SSSR count). The molecule has 20 heavy (non-hydrogen) atoms. The first-order chi connectivity index (χ1) is 9.56. The van der Waals surface area contributed by atoms with E-state index in [0.717, 1.165) is 11.1 Å². The van der Waals surface area contributed by atoms with Gasteiger partial charge in [0.1, 0.15) is 0 Å². The average molecular weight is 290 g/mol. The number of anilines is 1. The standard InChI is InChI=1S/C14H14N2O3S/c1-9-2-3-11(13(17)18)6-12(9)16-14(19)15-7-10-4-5-20-8-10/h2-6,8H,7H2,1H3,(H,17,18)(H2,15,16,19). The van der Waals surface area contributed by atoms with Crippen LogP contribution in [0.15, 0.2) is 35.0 Å². The third-order valence-corrected chi connectivity index (χ3v) is 3.50. The molecule has 1 aromatic carbocycles. The fourth-order valence-electron chi connectivity index (χ4n) is 1.63. The van der Waals surface area contributed by atoms with Crippen molar-refractivity contribution in [3.8, 4) is 0 Å². The maximum atomic E-state index is 11.8. The summed E-state index contributed by atoms with van der Waals surface area (Å²) in [6, 6.07) is 6.19. The van der Waals surface area contributed by atoms with Crippen molar-refractivity contribution in [1.82, 2.24) is 5.32 Å². The number of hydrogen-bond acceptors (Lipinski definition) is 3. The molecule has 5 nitrogen and oxygen atoms in total. The zero-order chi connectivity index (χ0) is 14.5. The van der Waals surface area contributed by atoms with Crippen molar-refractivity contribution < 1.29 is 14.7 Å². The lowest BCUT2D eigenvalue weighted by Gasteiger charge is -2.10. The van der Waals surface area contributed by atoms with Crippen molar-refractivity contribution in [1.29, 1.82) is 0 Å². The molecule has 0 unspecified atom stereocenters. The number of aryl methyl sites for hydroxylation is 1. The first kappa shape index (κ1) is 14.1. The van der Waals surface area contributed by atoms with E-state index in [1.165, 1.54) is 12.1 Å². The van der Waals surface area contributed by atoms with Gasteiger partial charge in [-0.2, -0.15) is 11.3 Å². The number of urea groups is 1. The molecule has 6 heteroatoms. The van der Waals surface area contributed by atoms with Crippen molar-refractivity contribution in [2.75, 3.05) is 5.32 Å². The van der Waals surface area contributed by atoms with Crippen LogP contribution in [-0.2, 0) is 6.54 Å². The predicted octanol–water partition coefficient (Wildman–Crippen LogP) is 3.08. The molecule has 0 bridgehead atoms. The molecule has 0 aliphatic rings. The number of thiophene rings is 1.